The predicted octanol–water partition coefficient (Wildman–Crippen LogP) is 1.65. The van der Waals surface area contributed by atoms with Crippen molar-refractivity contribution in [2.75, 3.05) is 25.7 Å². The van der Waals surface area contributed by atoms with Crippen LogP contribution in [0, 0.1) is 0 Å². The predicted molar refractivity (Wildman–Crippen MR) is 59.6 cm³/mol. The molecule has 0 aliphatic rings. The number of likely N-dealkylation sites (N-methyl/N-ethyl adjacent to an activating group) is 1. The minimum atomic E-state index is 0.0749. The molecule has 84 valence electrons. The van der Waals surface area contributed by atoms with Gasteiger partial charge in [0.15, 0.2) is 11.0 Å². The first kappa shape index (κ1) is 12.4. The van der Waals surface area contributed by atoms with Gasteiger partial charge >= 0.3 is 0 Å². The van der Waals surface area contributed by atoms with Crippen LogP contribution in [0.3, 0.4) is 0 Å². The summed E-state index contributed by atoms with van der Waals surface area (Å²) >= 11 is 11.5. The largest absolute Gasteiger partial charge is 0.383 e. The molecule has 0 aliphatic heterocycles. The molecule has 1 rings (SSSR count). The van der Waals surface area contributed by atoms with Gasteiger partial charge in [-0.1, -0.05) is 11.6 Å². The Morgan fingerprint density at radius 2 is 2.07 bits per heavy atom. The van der Waals surface area contributed by atoms with Crippen LogP contribution < -0.4 is 4.90 Å². The van der Waals surface area contributed by atoms with Crippen LogP contribution in [0.4, 0.5) is 5.82 Å². The lowest BCUT2D eigenvalue weighted by atomic mass is 10.3. The maximum atomic E-state index is 5.86. The van der Waals surface area contributed by atoms with Crippen molar-refractivity contribution >= 4 is 29.0 Å². The van der Waals surface area contributed by atoms with Gasteiger partial charge in [0.1, 0.15) is 0 Å². The first-order chi connectivity index (χ1) is 7.06. The van der Waals surface area contributed by atoms with Crippen LogP contribution in [-0.4, -0.2) is 42.0 Å². The Bertz CT molecular complexity index is 336. The molecule has 0 N–H and O–H groups in total. The summed E-state index contributed by atoms with van der Waals surface area (Å²) in [5.74, 6) is 0.501. The molecule has 1 atom stereocenters. The van der Waals surface area contributed by atoms with Crippen molar-refractivity contribution in [1.82, 2.24) is 15.2 Å². The van der Waals surface area contributed by atoms with E-state index in [4.69, 9.17) is 27.9 Å². The first-order valence-corrected chi connectivity index (χ1v) is 5.09. The van der Waals surface area contributed by atoms with Gasteiger partial charge in [-0.25, -0.2) is 0 Å². The highest BCUT2D eigenvalue weighted by Gasteiger charge is 2.16. The maximum Gasteiger partial charge on any atom is 0.245 e. The van der Waals surface area contributed by atoms with Crippen LogP contribution >= 0.6 is 23.2 Å². The van der Waals surface area contributed by atoms with Crippen molar-refractivity contribution in [3.05, 3.63) is 10.4 Å². The third-order valence-corrected chi connectivity index (χ3v) is 2.41. The Labute approximate surface area is 98.4 Å². The first-order valence-electron chi connectivity index (χ1n) is 4.33. The van der Waals surface area contributed by atoms with Crippen molar-refractivity contribution < 1.29 is 4.74 Å². The molecule has 0 spiro atoms. The molecule has 0 saturated heterocycles. The molecule has 0 aromatic carbocycles. The minimum absolute atomic E-state index is 0.0749. The highest BCUT2D eigenvalue weighted by Crippen LogP contribution is 2.21. The summed E-state index contributed by atoms with van der Waals surface area (Å²) in [5.41, 5.74) is 0. The Morgan fingerprint density at radius 1 is 1.40 bits per heavy atom. The number of hydrogen-bond acceptors (Lipinski definition) is 5. The van der Waals surface area contributed by atoms with E-state index in [9.17, 15) is 0 Å². The molecule has 0 saturated carbocycles. The van der Waals surface area contributed by atoms with E-state index in [2.05, 4.69) is 15.2 Å². The molecular weight excluding hydrogens is 239 g/mol. The monoisotopic (exact) mass is 250 g/mol. The lowest BCUT2D eigenvalue weighted by Gasteiger charge is -2.25. The fraction of sp³-hybridized carbons (Fsp3) is 0.625. The molecule has 1 aromatic rings. The van der Waals surface area contributed by atoms with E-state index in [1.54, 1.807) is 7.11 Å². The Morgan fingerprint density at radius 3 is 2.67 bits per heavy atom. The molecule has 0 fully saturated rings. The summed E-state index contributed by atoms with van der Waals surface area (Å²) in [5, 5.41) is 7.52. The lowest BCUT2D eigenvalue weighted by Crippen LogP contribution is -2.33. The maximum absolute atomic E-state index is 5.86. The van der Waals surface area contributed by atoms with E-state index in [0.29, 0.717) is 12.4 Å². The van der Waals surface area contributed by atoms with Crippen molar-refractivity contribution in [3.63, 3.8) is 0 Å². The SMILES string of the molecule is COCC(C)N(C)c1nc(Cl)nnc1Cl. The van der Waals surface area contributed by atoms with Crippen LogP contribution in [0.25, 0.3) is 0 Å². The zero-order valence-electron chi connectivity index (χ0n) is 8.74. The van der Waals surface area contributed by atoms with E-state index in [1.807, 2.05) is 18.9 Å². The smallest absolute Gasteiger partial charge is 0.245 e. The number of anilines is 1. The van der Waals surface area contributed by atoms with Crippen LogP contribution in [-0.2, 0) is 4.74 Å². The number of halogens is 2. The standard InChI is InChI=1S/C8H12Cl2N4O/c1-5(4-15-3)14(2)7-6(9)12-13-8(10)11-7/h5H,4H2,1-3H3. The van der Waals surface area contributed by atoms with Gasteiger partial charge in [0.05, 0.1) is 12.6 Å². The van der Waals surface area contributed by atoms with Gasteiger partial charge in [0, 0.05) is 14.2 Å². The summed E-state index contributed by atoms with van der Waals surface area (Å²) in [6.45, 7) is 2.55. The van der Waals surface area contributed by atoms with E-state index in [1.165, 1.54) is 0 Å². The molecular formula is C8H12Cl2N4O. The molecule has 1 heterocycles. The zero-order valence-corrected chi connectivity index (χ0v) is 10.2. The second-order valence-electron chi connectivity index (χ2n) is 3.11. The van der Waals surface area contributed by atoms with E-state index < -0.39 is 0 Å². The Hall–Kier alpha value is -0.650. The van der Waals surface area contributed by atoms with Gasteiger partial charge in [-0.2, -0.15) is 4.98 Å². The molecule has 0 bridgehead atoms. The highest BCUT2D eigenvalue weighted by atomic mass is 35.5. The highest BCUT2D eigenvalue weighted by molar-refractivity contribution is 6.32. The topological polar surface area (TPSA) is 51.1 Å². The molecule has 0 amide bonds. The number of aromatic nitrogens is 3. The van der Waals surface area contributed by atoms with Gasteiger partial charge in [-0.05, 0) is 18.5 Å². The average Bonchev–Trinajstić information content (AvgIpc) is 2.21. The van der Waals surface area contributed by atoms with E-state index in [0.717, 1.165) is 0 Å². The van der Waals surface area contributed by atoms with Crippen molar-refractivity contribution in [1.29, 1.82) is 0 Å². The second-order valence-corrected chi connectivity index (χ2v) is 3.81. The molecule has 1 unspecified atom stereocenters. The number of ether oxygens (including phenoxy) is 1. The molecule has 7 heteroatoms. The summed E-state index contributed by atoms with van der Waals surface area (Å²) in [4.78, 5) is 5.85. The Kier molecular flexibility index (Phi) is 4.50. The molecule has 5 nitrogen and oxygen atoms in total. The van der Waals surface area contributed by atoms with Gasteiger partial charge in [-0.3, -0.25) is 0 Å². The number of hydrogen-bond donors (Lipinski definition) is 0. The molecule has 15 heavy (non-hydrogen) atoms. The van der Waals surface area contributed by atoms with Crippen molar-refractivity contribution in [2.24, 2.45) is 0 Å². The van der Waals surface area contributed by atoms with Crippen LogP contribution in [0.1, 0.15) is 6.92 Å². The van der Waals surface area contributed by atoms with Gasteiger partial charge in [0.2, 0.25) is 5.28 Å². The Balaban J connectivity index is 2.89. The molecule has 1 aromatic heterocycles. The van der Waals surface area contributed by atoms with Crippen molar-refractivity contribution in [2.45, 2.75) is 13.0 Å². The fourth-order valence-corrected chi connectivity index (χ4v) is 1.40. The quantitative estimate of drug-likeness (QED) is 0.814. The summed E-state index contributed by atoms with van der Waals surface area (Å²) in [6, 6.07) is 0.125. The fourth-order valence-electron chi connectivity index (χ4n) is 1.07. The van der Waals surface area contributed by atoms with Gasteiger partial charge < -0.3 is 9.64 Å². The van der Waals surface area contributed by atoms with Crippen LogP contribution in [0.2, 0.25) is 10.4 Å². The number of rotatable bonds is 4. The summed E-state index contributed by atoms with van der Waals surface area (Å²) < 4.78 is 5.03. The third-order valence-electron chi connectivity index (χ3n) is 2.01. The van der Waals surface area contributed by atoms with E-state index >= 15 is 0 Å². The van der Waals surface area contributed by atoms with E-state index in [-0.39, 0.29) is 16.5 Å². The average molecular weight is 251 g/mol. The lowest BCUT2D eigenvalue weighted by molar-refractivity contribution is 0.183. The van der Waals surface area contributed by atoms with Gasteiger partial charge in [-0.15, -0.1) is 10.2 Å². The normalized spacial score (nSPS) is 12.6. The molecule has 0 radical (unpaired) electrons. The van der Waals surface area contributed by atoms with Crippen molar-refractivity contribution in [3.8, 4) is 0 Å². The van der Waals surface area contributed by atoms with Crippen LogP contribution in [0.15, 0.2) is 0 Å². The third kappa shape index (κ3) is 3.15. The molecule has 0 aliphatic carbocycles. The summed E-state index contributed by atoms with van der Waals surface area (Å²) in [7, 11) is 3.48. The minimum Gasteiger partial charge on any atom is -0.383 e. The number of methoxy groups -OCH3 is 1. The van der Waals surface area contributed by atoms with Gasteiger partial charge in [0.25, 0.3) is 0 Å². The second kappa shape index (κ2) is 5.44. The zero-order chi connectivity index (χ0) is 11.4. The summed E-state index contributed by atoms with van der Waals surface area (Å²) in [6.07, 6.45) is 0. The number of nitrogens with zero attached hydrogens (tertiary/aromatic N) is 4. The van der Waals surface area contributed by atoms with Crippen LogP contribution in [0.5, 0.6) is 0 Å².